The third-order valence-electron chi connectivity index (χ3n) is 0.801. The minimum Gasteiger partial charge on any atom is -0.355 e. The molecule has 0 spiro atoms. The molecule has 0 atom stereocenters. The average molecular weight is 131 g/mol. The van der Waals surface area contributed by atoms with Gasteiger partial charge in [-0.05, 0) is 7.05 Å². The van der Waals surface area contributed by atoms with Gasteiger partial charge in [0.25, 0.3) is 0 Å². The summed E-state index contributed by atoms with van der Waals surface area (Å²) in [4.78, 5) is 10.2. The van der Waals surface area contributed by atoms with E-state index in [4.69, 9.17) is 0 Å². The van der Waals surface area contributed by atoms with E-state index in [0.717, 1.165) is 6.54 Å². The molecule has 1 amide bonds. The lowest BCUT2D eigenvalue weighted by Gasteiger charge is -2.01. The van der Waals surface area contributed by atoms with E-state index in [0.29, 0.717) is 6.54 Å². The van der Waals surface area contributed by atoms with Crippen molar-refractivity contribution in [3.05, 3.63) is 0 Å². The van der Waals surface area contributed by atoms with Gasteiger partial charge < -0.3 is 5.32 Å². The van der Waals surface area contributed by atoms with E-state index in [-0.39, 0.29) is 5.91 Å². The van der Waals surface area contributed by atoms with Crippen molar-refractivity contribution in [2.75, 3.05) is 20.1 Å². The summed E-state index contributed by atoms with van der Waals surface area (Å²) in [6.45, 7) is 2.91. The van der Waals surface area contributed by atoms with Gasteiger partial charge in [0.15, 0.2) is 0 Å². The monoisotopic (exact) mass is 131 g/mol. The Labute approximate surface area is 55.0 Å². The van der Waals surface area contributed by atoms with Gasteiger partial charge in [0.05, 0.1) is 0 Å². The van der Waals surface area contributed by atoms with Gasteiger partial charge in [-0.2, -0.15) is 0 Å². The first kappa shape index (κ1) is 8.39. The molecular formula is C5H13N3O. The van der Waals surface area contributed by atoms with Crippen LogP contribution in [0, 0.1) is 0 Å². The molecule has 0 heterocycles. The van der Waals surface area contributed by atoms with Crippen LogP contribution in [0.3, 0.4) is 0 Å². The Morgan fingerprint density at radius 1 is 1.44 bits per heavy atom. The van der Waals surface area contributed by atoms with Crippen LogP contribution >= 0.6 is 0 Å². The molecule has 4 nitrogen and oxygen atoms in total. The van der Waals surface area contributed by atoms with Crippen molar-refractivity contribution >= 4 is 5.91 Å². The average Bonchev–Trinajstić information content (AvgIpc) is 1.80. The fourth-order valence-corrected chi connectivity index (χ4v) is 0.426. The van der Waals surface area contributed by atoms with E-state index in [1.54, 1.807) is 7.05 Å². The van der Waals surface area contributed by atoms with Gasteiger partial charge in [-0.15, -0.1) is 0 Å². The van der Waals surface area contributed by atoms with Gasteiger partial charge in [0.1, 0.15) is 0 Å². The van der Waals surface area contributed by atoms with Gasteiger partial charge in [-0.1, -0.05) is 0 Å². The van der Waals surface area contributed by atoms with Crippen molar-refractivity contribution in [1.82, 2.24) is 16.2 Å². The standard InChI is InChI=1S/C5H13N3O/c1-5(9)7-3-4-8-6-2/h6,8H,3-4H2,1-2H3,(H,7,9). The van der Waals surface area contributed by atoms with Crippen LogP contribution in [0.1, 0.15) is 6.92 Å². The minimum atomic E-state index is 0.00732. The summed E-state index contributed by atoms with van der Waals surface area (Å²) in [5.74, 6) is 0.00732. The topological polar surface area (TPSA) is 53.2 Å². The van der Waals surface area contributed by atoms with Crippen molar-refractivity contribution < 1.29 is 4.79 Å². The number of carbonyl (C=O) groups excluding carboxylic acids is 1. The highest BCUT2D eigenvalue weighted by atomic mass is 16.1. The number of amides is 1. The second-order valence-corrected chi connectivity index (χ2v) is 1.66. The lowest BCUT2D eigenvalue weighted by molar-refractivity contribution is -0.118. The van der Waals surface area contributed by atoms with Crippen LogP contribution in [0.4, 0.5) is 0 Å². The third kappa shape index (κ3) is 7.39. The number of hydrogen-bond donors (Lipinski definition) is 3. The number of rotatable bonds is 4. The summed E-state index contributed by atoms with van der Waals surface area (Å²) in [5.41, 5.74) is 5.58. The first-order valence-corrected chi connectivity index (χ1v) is 2.91. The summed E-state index contributed by atoms with van der Waals surface area (Å²) in [6, 6.07) is 0. The summed E-state index contributed by atoms with van der Waals surface area (Å²) < 4.78 is 0. The second kappa shape index (κ2) is 5.53. The van der Waals surface area contributed by atoms with Gasteiger partial charge in [-0.3, -0.25) is 15.6 Å². The fraction of sp³-hybridized carbons (Fsp3) is 0.800. The van der Waals surface area contributed by atoms with E-state index in [2.05, 4.69) is 16.2 Å². The van der Waals surface area contributed by atoms with Crippen LogP contribution in [-0.4, -0.2) is 26.0 Å². The first-order chi connectivity index (χ1) is 4.27. The highest BCUT2D eigenvalue weighted by Crippen LogP contribution is 1.57. The smallest absolute Gasteiger partial charge is 0.216 e. The molecule has 0 aromatic rings. The lowest BCUT2D eigenvalue weighted by atomic mass is 10.6. The molecule has 0 saturated carbocycles. The summed E-state index contributed by atoms with van der Waals surface area (Å²) >= 11 is 0. The van der Waals surface area contributed by atoms with Crippen molar-refractivity contribution in [1.29, 1.82) is 0 Å². The van der Waals surface area contributed by atoms with Crippen molar-refractivity contribution in [2.45, 2.75) is 6.92 Å². The molecule has 0 aliphatic heterocycles. The van der Waals surface area contributed by atoms with Gasteiger partial charge in [0.2, 0.25) is 5.91 Å². The zero-order chi connectivity index (χ0) is 7.11. The van der Waals surface area contributed by atoms with Crippen LogP contribution < -0.4 is 16.2 Å². The van der Waals surface area contributed by atoms with Gasteiger partial charge in [0, 0.05) is 20.0 Å². The molecule has 0 aliphatic carbocycles. The minimum absolute atomic E-state index is 0.00732. The summed E-state index contributed by atoms with van der Waals surface area (Å²) in [6.07, 6.45) is 0. The maximum atomic E-state index is 10.2. The Kier molecular flexibility index (Phi) is 5.15. The molecule has 0 radical (unpaired) electrons. The Morgan fingerprint density at radius 2 is 2.11 bits per heavy atom. The van der Waals surface area contributed by atoms with E-state index in [9.17, 15) is 4.79 Å². The van der Waals surface area contributed by atoms with Crippen molar-refractivity contribution in [2.24, 2.45) is 0 Å². The maximum Gasteiger partial charge on any atom is 0.216 e. The number of hydrazine groups is 1. The molecule has 4 heteroatoms. The summed E-state index contributed by atoms with van der Waals surface area (Å²) in [5, 5.41) is 2.64. The zero-order valence-corrected chi connectivity index (χ0v) is 5.82. The Balaban J connectivity index is 2.83. The Hall–Kier alpha value is -0.610. The predicted octanol–water partition coefficient (Wildman–Crippen LogP) is -1.15. The maximum absolute atomic E-state index is 10.2. The largest absolute Gasteiger partial charge is 0.355 e. The highest BCUT2D eigenvalue weighted by Gasteiger charge is 1.86. The number of nitrogens with one attached hydrogen (secondary N) is 3. The fourth-order valence-electron chi connectivity index (χ4n) is 0.426. The Morgan fingerprint density at radius 3 is 2.56 bits per heavy atom. The lowest BCUT2D eigenvalue weighted by Crippen LogP contribution is -2.36. The van der Waals surface area contributed by atoms with Crippen LogP contribution in [0.2, 0.25) is 0 Å². The van der Waals surface area contributed by atoms with Crippen LogP contribution in [0.25, 0.3) is 0 Å². The SMILES string of the molecule is CNNCCNC(C)=O. The molecule has 9 heavy (non-hydrogen) atoms. The van der Waals surface area contributed by atoms with Crippen molar-refractivity contribution in [3.63, 3.8) is 0 Å². The molecule has 3 N–H and O–H groups in total. The van der Waals surface area contributed by atoms with Crippen LogP contribution in [-0.2, 0) is 4.79 Å². The first-order valence-electron chi connectivity index (χ1n) is 2.91. The molecule has 0 aromatic heterocycles. The molecule has 0 aromatic carbocycles. The molecule has 0 unspecified atom stereocenters. The number of carbonyl (C=O) groups is 1. The van der Waals surface area contributed by atoms with E-state index in [1.807, 2.05) is 0 Å². The molecule has 54 valence electrons. The third-order valence-corrected chi connectivity index (χ3v) is 0.801. The normalized spacial score (nSPS) is 9.11. The predicted molar refractivity (Wildman–Crippen MR) is 35.7 cm³/mol. The zero-order valence-electron chi connectivity index (χ0n) is 5.82. The quantitative estimate of drug-likeness (QED) is 0.333. The molecule has 0 rings (SSSR count). The van der Waals surface area contributed by atoms with Crippen molar-refractivity contribution in [3.8, 4) is 0 Å². The van der Waals surface area contributed by atoms with E-state index >= 15 is 0 Å². The highest BCUT2D eigenvalue weighted by molar-refractivity contribution is 5.72. The van der Waals surface area contributed by atoms with E-state index < -0.39 is 0 Å². The number of hydrogen-bond acceptors (Lipinski definition) is 3. The molecule has 0 saturated heterocycles. The molecule has 0 bridgehead atoms. The van der Waals surface area contributed by atoms with E-state index in [1.165, 1.54) is 6.92 Å². The van der Waals surface area contributed by atoms with Gasteiger partial charge >= 0.3 is 0 Å². The second-order valence-electron chi connectivity index (χ2n) is 1.66. The molecule has 0 aliphatic rings. The van der Waals surface area contributed by atoms with Gasteiger partial charge in [-0.25, -0.2) is 0 Å². The van der Waals surface area contributed by atoms with Crippen LogP contribution in [0.5, 0.6) is 0 Å². The Bertz CT molecular complexity index is 84.3. The van der Waals surface area contributed by atoms with Crippen LogP contribution in [0.15, 0.2) is 0 Å². The molecule has 0 fully saturated rings. The molecular weight excluding hydrogens is 118 g/mol. The summed E-state index contributed by atoms with van der Waals surface area (Å²) in [7, 11) is 1.79.